The normalized spacial score (nSPS) is 14.2. The van der Waals surface area contributed by atoms with Crippen LogP contribution >= 0.6 is 0 Å². The molecule has 0 aliphatic rings. The summed E-state index contributed by atoms with van der Waals surface area (Å²) < 4.78 is 38.5. The summed E-state index contributed by atoms with van der Waals surface area (Å²) >= 11 is 0. The Balaban J connectivity index is 2.02. The molecule has 0 bridgehead atoms. The maximum Gasteiger partial charge on any atom is 0.289 e. The summed E-state index contributed by atoms with van der Waals surface area (Å²) in [7, 11) is -5.66. The third-order valence-corrected chi connectivity index (χ3v) is 5.85. The van der Waals surface area contributed by atoms with Crippen molar-refractivity contribution >= 4 is 26.5 Å². The van der Waals surface area contributed by atoms with Gasteiger partial charge in [0.05, 0.1) is 21.8 Å². The third-order valence-electron chi connectivity index (χ3n) is 3.23. The zero-order valence-corrected chi connectivity index (χ0v) is 15.0. The van der Waals surface area contributed by atoms with E-state index in [-0.39, 0.29) is 0 Å². The van der Waals surface area contributed by atoms with Crippen molar-refractivity contribution in [1.82, 2.24) is 4.72 Å². The number of nitro benzene ring substituents is 1. The van der Waals surface area contributed by atoms with Crippen LogP contribution in [0.4, 0.5) is 5.69 Å². The molecule has 2 aromatic rings. The van der Waals surface area contributed by atoms with Crippen molar-refractivity contribution < 1.29 is 22.7 Å². The number of nitro groups is 1. The van der Waals surface area contributed by atoms with Gasteiger partial charge in [-0.2, -0.15) is 0 Å². The van der Waals surface area contributed by atoms with E-state index in [0.717, 1.165) is 12.1 Å². The topological polar surface area (TPSA) is 127 Å². The molecule has 8 nitrogen and oxygen atoms in total. The Kier molecular flexibility index (Phi) is 6.75. The lowest BCUT2D eigenvalue weighted by atomic mass is 10.3. The average molecular weight is 396 g/mol. The molecular formula is C16H16N2O6S2. The van der Waals surface area contributed by atoms with E-state index in [1.807, 2.05) is 0 Å². The molecule has 0 fully saturated rings. The molecule has 0 heterocycles. The Morgan fingerprint density at radius 1 is 1.15 bits per heavy atom. The number of hydrogen-bond acceptors (Lipinski definition) is 6. The van der Waals surface area contributed by atoms with Crippen molar-refractivity contribution in [3.05, 3.63) is 76.2 Å². The minimum Gasteiger partial charge on any atom is -0.388 e. The summed E-state index contributed by atoms with van der Waals surface area (Å²) in [5.74, 6) is 0. The maximum atomic E-state index is 12.2. The van der Waals surface area contributed by atoms with Crippen LogP contribution < -0.4 is 4.72 Å². The molecule has 138 valence electrons. The van der Waals surface area contributed by atoms with Gasteiger partial charge in [0.1, 0.15) is 0 Å². The van der Waals surface area contributed by atoms with E-state index in [1.54, 1.807) is 30.3 Å². The van der Waals surface area contributed by atoms with Crippen LogP contribution in [0, 0.1) is 10.1 Å². The van der Waals surface area contributed by atoms with Crippen molar-refractivity contribution in [3.8, 4) is 0 Å². The second kappa shape index (κ2) is 8.81. The van der Waals surface area contributed by atoms with Crippen LogP contribution in [-0.2, 0) is 20.8 Å². The quantitative estimate of drug-likeness (QED) is 0.515. The van der Waals surface area contributed by atoms with E-state index in [1.165, 1.54) is 23.6 Å². The van der Waals surface area contributed by atoms with Gasteiger partial charge in [-0.1, -0.05) is 30.3 Å². The molecule has 0 aliphatic carbocycles. The van der Waals surface area contributed by atoms with Crippen LogP contribution in [0.25, 0.3) is 0 Å². The van der Waals surface area contributed by atoms with Gasteiger partial charge in [0, 0.05) is 22.9 Å². The number of nitrogens with zero attached hydrogens (tertiary/aromatic N) is 1. The number of sulfonamides is 1. The van der Waals surface area contributed by atoms with Crippen molar-refractivity contribution in [2.24, 2.45) is 0 Å². The highest BCUT2D eigenvalue weighted by molar-refractivity contribution is 7.89. The molecule has 0 radical (unpaired) electrons. The predicted molar refractivity (Wildman–Crippen MR) is 96.3 cm³/mol. The molecule has 0 aliphatic heterocycles. The molecule has 2 N–H and O–H groups in total. The monoisotopic (exact) mass is 396 g/mol. The van der Waals surface area contributed by atoms with E-state index in [9.17, 15) is 27.8 Å². The molecular weight excluding hydrogens is 380 g/mol. The van der Waals surface area contributed by atoms with Crippen LogP contribution in [0.15, 0.2) is 75.9 Å². The van der Waals surface area contributed by atoms with Gasteiger partial charge in [-0.15, -0.1) is 0 Å². The lowest BCUT2D eigenvalue weighted by Gasteiger charge is -2.09. The fourth-order valence-electron chi connectivity index (χ4n) is 1.97. The van der Waals surface area contributed by atoms with Gasteiger partial charge >= 0.3 is 0 Å². The molecule has 0 spiro atoms. The van der Waals surface area contributed by atoms with E-state index in [0.29, 0.717) is 4.90 Å². The van der Waals surface area contributed by atoms with Gasteiger partial charge in [-0.05, 0) is 24.3 Å². The Labute approximate surface area is 152 Å². The van der Waals surface area contributed by atoms with Crippen molar-refractivity contribution in [3.63, 3.8) is 0 Å². The summed E-state index contributed by atoms with van der Waals surface area (Å²) in [6.45, 7) is -0.420. The summed E-state index contributed by atoms with van der Waals surface area (Å²) in [6.07, 6.45) is -0.0504. The molecule has 0 amide bonds. The summed E-state index contributed by atoms with van der Waals surface area (Å²) in [5.41, 5.74) is -0.560. The van der Waals surface area contributed by atoms with E-state index >= 15 is 0 Å². The first-order chi connectivity index (χ1) is 12.3. The van der Waals surface area contributed by atoms with Gasteiger partial charge in [0.2, 0.25) is 10.0 Å². The number of rotatable bonds is 8. The lowest BCUT2D eigenvalue weighted by molar-refractivity contribution is -0.387. The number of hydrogen-bond donors (Lipinski definition) is 2. The average Bonchev–Trinajstić information content (AvgIpc) is 2.65. The highest BCUT2D eigenvalue weighted by Crippen LogP contribution is 2.22. The zero-order chi connectivity index (χ0) is 19.2. The highest BCUT2D eigenvalue weighted by atomic mass is 32.2. The Morgan fingerprint density at radius 3 is 2.42 bits per heavy atom. The van der Waals surface area contributed by atoms with E-state index < -0.39 is 49.0 Å². The lowest BCUT2D eigenvalue weighted by Crippen LogP contribution is -2.31. The van der Waals surface area contributed by atoms with Crippen LogP contribution in [0.5, 0.6) is 0 Å². The van der Waals surface area contributed by atoms with Crippen molar-refractivity contribution in [1.29, 1.82) is 0 Å². The second-order valence-corrected chi connectivity index (χ2v) is 8.16. The molecule has 2 atom stereocenters. The Bertz CT molecular complexity index is 929. The first-order valence-corrected chi connectivity index (χ1v) is 10.1. The first kappa shape index (κ1) is 19.9. The molecule has 0 saturated heterocycles. The maximum absolute atomic E-state index is 12.2. The number of nitrogens with one attached hydrogen (secondary N) is 1. The summed E-state index contributed by atoms with van der Waals surface area (Å²) in [5, 5.41) is 22.0. The van der Waals surface area contributed by atoms with Crippen molar-refractivity contribution in [2.75, 3.05) is 6.54 Å². The molecule has 10 heteroatoms. The fourth-order valence-corrected chi connectivity index (χ4v) is 4.10. The van der Waals surface area contributed by atoms with Crippen LogP contribution in [-0.4, -0.2) is 35.3 Å². The molecule has 0 unspecified atom stereocenters. The Hall–Kier alpha value is -2.40. The van der Waals surface area contributed by atoms with Gasteiger partial charge in [0.15, 0.2) is 4.90 Å². The first-order valence-electron chi connectivity index (χ1n) is 7.36. The van der Waals surface area contributed by atoms with Gasteiger partial charge in [-0.25, -0.2) is 17.3 Å². The Morgan fingerprint density at radius 2 is 1.77 bits per heavy atom. The van der Waals surface area contributed by atoms with Gasteiger partial charge in [0.25, 0.3) is 5.69 Å². The van der Waals surface area contributed by atoms with Crippen molar-refractivity contribution in [2.45, 2.75) is 15.9 Å². The molecule has 2 rings (SSSR count). The third kappa shape index (κ3) is 5.30. The fraction of sp³-hybridized carbons (Fsp3) is 0.125. The number of para-hydroxylation sites is 1. The molecule has 26 heavy (non-hydrogen) atoms. The largest absolute Gasteiger partial charge is 0.388 e. The summed E-state index contributed by atoms with van der Waals surface area (Å²) in [4.78, 5) is 10.2. The van der Waals surface area contributed by atoms with Gasteiger partial charge in [-0.3, -0.25) is 10.1 Å². The number of aliphatic hydroxyl groups is 1. The standard InChI is InChI=1S/C16H16N2O6S2/c19-13(10-11-25(22)14-6-2-1-3-7-14)12-17-26(23,24)16-9-5-4-8-15(16)18(20)21/h1-11,13,17,19H,12H2/b11-10+/t13-,25-/m1/s1. The molecule has 0 saturated carbocycles. The zero-order valence-electron chi connectivity index (χ0n) is 13.4. The summed E-state index contributed by atoms with van der Waals surface area (Å²) in [6, 6.07) is 13.4. The number of benzene rings is 2. The highest BCUT2D eigenvalue weighted by Gasteiger charge is 2.25. The van der Waals surface area contributed by atoms with Crippen LogP contribution in [0.2, 0.25) is 0 Å². The second-order valence-electron chi connectivity index (χ2n) is 5.08. The van der Waals surface area contributed by atoms with E-state index in [2.05, 4.69) is 4.72 Å². The minimum absolute atomic E-state index is 0.420. The SMILES string of the molecule is O=[N+]([O-])c1ccccc1S(=O)(=O)NC[C@H](O)/C=C/[S@@](=O)c1ccccc1. The molecule has 2 aromatic carbocycles. The predicted octanol–water partition coefficient (Wildman–Crippen LogP) is 1.56. The smallest absolute Gasteiger partial charge is 0.289 e. The number of aliphatic hydroxyl groups excluding tert-OH is 1. The molecule has 0 aromatic heterocycles. The minimum atomic E-state index is -4.18. The van der Waals surface area contributed by atoms with Crippen LogP contribution in [0.1, 0.15) is 0 Å². The van der Waals surface area contributed by atoms with E-state index in [4.69, 9.17) is 0 Å². The van der Waals surface area contributed by atoms with Crippen LogP contribution in [0.3, 0.4) is 0 Å². The van der Waals surface area contributed by atoms with Gasteiger partial charge < -0.3 is 5.11 Å².